The summed E-state index contributed by atoms with van der Waals surface area (Å²) in [6.07, 6.45) is 0. The molecule has 0 spiro atoms. The second-order valence-corrected chi connectivity index (χ2v) is 5.91. The van der Waals surface area contributed by atoms with Crippen molar-refractivity contribution in [3.63, 3.8) is 0 Å². The summed E-state index contributed by atoms with van der Waals surface area (Å²) in [7, 11) is 0. The molecule has 2 atom stereocenters. The molecule has 1 aromatic carbocycles. The summed E-state index contributed by atoms with van der Waals surface area (Å²) >= 11 is 3.48. The Morgan fingerprint density at radius 2 is 1.00 bits per heavy atom. The van der Waals surface area contributed by atoms with E-state index in [4.69, 9.17) is 0 Å². The van der Waals surface area contributed by atoms with Gasteiger partial charge in [0, 0.05) is 0 Å². The molecule has 0 aromatic heterocycles. The van der Waals surface area contributed by atoms with E-state index in [-0.39, 0.29) is 0 Å². The van der Waals surface area contributed by atoms with E-state index in [9.17, 15) is 35.1 Å². The zero-order valence-electron chi connectivity index (χ0n) is 8.28. The predicted octanol–water partition coefficient (Wildman–Crippen LogP) is 4.93. The van der Waals surface area contributed by atoms with Gasteiger partial charge in [0.25, 0.3) is 4.58 Å². The van der Waals surface area contributed by atoms with Gasteiger partial charge < -0.3 is 0 Å². The molecule has 0 heterocycles. The predicted molar refractivity (Wildman–Crippen MR) is 54.6 cm³/mol. The third-order valence-corrected chi connectivity index (χ3v) is 5.20. The van der Waals surface area contributed by atoms with Crippen LogP contribution in [0.15, 0.2) is 0 Å². The Labute approximate surface area is 117 Å². The number of benzene rings is 1. The molecule has 0 aliphatic heterocycles. The van der Waals surface area contributed by atoms with Gasteiger partial charge in [-0.2, -0.15) is 8.78 Å². The quantitative estimate of drug-likeness (QED) is 0.242. The van der Waals surface area contributed by atoms with Crippen LogP contribution in [0.1, 0.15) is 11.1 Å². The molecule has 106 valence electrons. The van der Waals surface area contributed by atoms with Crippen LogP contribution < -0.4 is 0 Å². The van der Waals surface area contributed by atoms with Crippen molar-refractivity contribution in [2.45, 2.75) is 15.1 Å². The van der Waals surface area contributed by atoms with E-state index in [0.29, 0.717) is 0 Å². The van der Waals surface area contributed by atoms with Crippen LogP contribution in [0, 0.1) is 23.3 Å². The van der Waals surface area contributed by atoms with Crippen molar-refractivity contribution in [2.24, 2.45) is 0 Å². The number of fused-ring (bicyclic) bond motifs is 1. The maximum absolute atomic E-state index is 13.9. The monoisotopic (exact) mass is 418 g/mol. The zero-order valence-corrected chi connectivity index (χ0v) is 11.5. The highest BCUT2D eigenvalue weighted by atomic mass is 79.9. The van der Waals surface area contributed by atoms with E-state index in [1.54, 1.807) is 15.9 Å². The van der Waals surface area contributed by atoms with Crippen molar-refractivity contribution >= 4 is 31.9 Å². The van der Waals surface area contributed by atoms with Crippen LogP contribution in [0.25, 0.3) is 0 Å². The van der Waals surface area contributed by atoms with E-state index in [0.717, 1.165) is 0 Å². The fourth-order valence-corrected chi connectivity index (χ4v) is 2.75. The van der Waals surface area contributed by atoms with Crippen LogP contribution in [0.4, 0.5) is 35.1 Å². The van der Waals surface area contributed by atoms with Crippen molar-refractivity contribution < 1.29 is 35.1 Å². The Morgan fingerprint density at radius 3 is 1.42 bits per heavy atom. The smallest absolute Gasteiger partial charge is 0.221 e. The van der Waals surface area contributed by atoms with Gasteiger partial charge in [-0.1, -0.05) is 0 Å². The highest BCUT2D eigenvalue weighted by Gasteiger charge is 2.77. The van der Waals surface area contributed by atoms with Gasteiger partial charge in [0.1, 0.15) is 0 Å². The largest absolute Gasteiger partial charge is 0.324 e. The maximum Gasteiger partial charge on any atom is 0.324 e. The van der Waals surface area contributed by atoms with Gasteiger partial charge in [-0.3, -0.25) is 0 Å². The van der Waals surface area contributed by atoms with E-state index in [1.807, 2.05) is 15.9 Å². The molecule has 1 aliphatic carbocycles. The van der Waals surface area contributed by atoms with Gasteiger partial charge in [-0.05, 0) is 31.9 Å². The number of hydrogen-bond donors (Lipinski definition) is 0. The second kappa shape index (κ2) is 3.84. The molecule has 10 heteroatoms. The standard InChI is InChI=1S/C9Br2F8/c10-7(16)1-2(8(17,18)9(7,11)19)4(13)6(15)5(14)3(1)12. The lowest BCUT2D eigenvalue weighted by Gasteiger charge is -2.27. The molecule has 1 aliphatic rings. The molecule has 2 rings (SSSR count). The summed E-state index contributed by atoms with van der Waals surface area (Å²) in [4.78, 5) is 0. The molecule has 19 heavy (non-hydrogen) atoms. The van der Waals surface area contributed by atoms with E-state index < -0.39 is 49.5 Å². The Kier molecular flexibility index (Phi) is 3.03. The molecule has 0 radical (unpaired) electrons. The minimum absolute atomic E-state index is 1.67. The van der Waals surface area contributed by atoms with Gasteiger partial charge in [-0.15, -0.1) is 0 Å². The fraction of sp³-hybridized carbons (Fsp3) is 0.333. The average molecular weight is 420 g/mol. The lowest BCUT2D eigenvalue weighted by atomic mass is 10.1. The summed E-state index contributed by atoms with van der Waals surface area (Å²) in [5.41, 5.74) is -4.18. The summed E-state index contributed by atoms with van der Waals surface area (Å²) in [6.45, 7) is 0. The van der Waals surface area contributed by atoms with E-state index >= 15 is 0 Å². The first-order valence-electron chi connectivity index (χ1n) is 4.39. The molecule has 0 nitrogen and oxygen atoms in total. The zero-order chi connectivity index (χ0) is 15.0. The van der Waals surface area contributed by atoms with E-state index in [1.165, 1.54) is 0 Å². The number of hydrogen-bond acceptors (Lipinski definition) is 0. The SMILES string of the molecule is Fc1c(F)c(F)c2c(c1F)C(F)(F)C(F)(Br)C2(F)Br. The summed E-state index contributed by atoms with van der Waals surface area (Å²) in [5.74, 6) is -15.1. The Bertz CT molecular complexity index is 531. The summed E-state index contributed by atoms with van der Waals surface area (Å²) in [5, 5.41) is 0. The maximum atomic E-state index is 13.9. The lowest BCUT2D eigenvalue weighted by Crippen LogP contribution is -2.41. The number of alkyl halides is 6. The molecular weight excluding hydrogens is 420 g/mol. The van der Waals surface area contributed by atoms with Crippen molar-refractivity contribution in [1.82, 2.24) is 0 Å². The first-order valence-corrected chi connectivity index (χ1v) is 5.98. The van der Waals surface area contributed by atoms with Gasteiger partial charge >= 0.3 is 5.92 Å². The van der Waals surface area contributed by atoms with Crippen LogP contribution in [-0.4, -0.2) is 4.58 Å². The molecule has 0 saturated heterocycles. The molecule has 0 fully saturated rings. The van der Waals surface area contributed by atoms with Crippen LogP contribution in [0.2, 0.25) is 0 Å². The Balaban J connectivity index is 3.02. The molecule has 2 unspecified atom stereocenters. The topological polar surface area (TPSA) is 0 Å². The van der Waals surface area contributed by atoms with Crippen LogP contribution in [0.3, 0.4) is 0 Å². The Hall–Kier alpha value is -0.380. The highest BCUT2D eigenvalue weighted by molar-refractivity contribution is 9.12. The molecule has 0 N–H and O–H groups in total. The van der Waals surface area contributed by atoms with Crippen molar-refractivity contribution in [1.29, 1.82) is 0 Å². The highest BCUT2D eigenvalue weighted by Crippen LogP contribution is 2.68. The molecule has 1 aromatic rings. The van der Waals surface area contributed by atoms with Crippen molar-refractivity contribution in [3.05, 3.63) is 34.4 Å². The van der Waals surface area contributed by atoms with Crippen molar-refractivity contribution in [2.75, 3.05) is 0 Å². The minimum Gasteiger partial charge on any atom is -0.221 e. The molecule has 0 bridgehead atoms. The van der Waals surface area contributed by atoms with Gasteiger partial charge in [0.05, 0.1) is 11.1 Å². The van der Waals surface area contributed by atoms with E-state index in [2.05, 4.69) is 0 Å². The van der Waals surface area contributed by atoms with Gasteiger partial charge in [-0.25, -0.2) is 26.3 Å². The van der Waals surface area contributed by atoms with Crippen molar-refractivity contribution in [3.8, 4) is 0 Å². The molecule has 0 saturated carbocycles. The summed E-state index contributed by atoms with van der Waals surface area (Å²) in [6, 6.07) is 0. The third-order valence-electron chi connectivity index (χ3n) is 2.68. The number of halogens is 10. The fourth-order valence-electron chi connectivity index (χ4n) is 1.73. The van der Waals surface area contributed by atoms with Gasteiger partial charge in [0.15, 0.2) is 23.3 Å². The first-order chi connectivity index (χ1) is 8.39. The Morgan fingerprint density at radius 1 is 0.632 bits per heavy atom. The third kappa shape index (κ3) is 1.50. The molecule has 0 amide bonds. The molecular formula is C9Br2F8. The lowest BCUT2D eigenvalue weighted by molar-refractivity contribution is -0.113. The minimum atomic E-state index is -4.97. The van der Waals surface area contributed by atoms with Gasteiger partial charge in [0.2, 0.25) is 4.58 Å². The normalized spacial score (nSPS) is 32.5. The van der Waals surface area contributed by atoms with Crippen LogP contribution in [-0.2, 0) is 10.5 Å². The average Bonchev–Trinajstić information content (AvgIpc) is 2.39. The summed E-state index contributed by atoms with van der Waals surface area (Å²) < 4.78 is 99.0. The van der Waals surface area contributed by atoms with Crippen LogP contribution >= 0.6 is 31.9 Å². The number of rotatable bonds is 0. The first kappa shape index (κ1) is 15.0. The van der Waals surface area contributed by atoms with Crippen LogP contribution in [0.5, 0.6) is 0 Å². The second-order valence-electron chi connectivity index (χ2n) is 3.73.